The fourth-order valence-electron chi connectivity index (χ4n) is 5.97. The van der Waals surface area contributed by atoms with Crippen LogP contribution in [0.15, 0.2) is 170 Å². The topological polar surface area (TPSA) is 145 Å². The van der Waals surface area contributed by atoms with E-state index in [1.807, 2.05) is 153 Å². The summed E-state index contributed by atoms with van der Waals surface area (Å²) >= 11 is 0. The van der Waals surface area contributed by atoms with Crippen molar-refractivity contribution in [2.24, 2.45) is 0 Å². The minimum atomic E-state index is -0.833. The van der Waals surface area contributed by atoms with Crippen molar-refractivity contribution in [2.45, 2.75) is 34.6 Å². The molecule has 0 atom stereocenters. The Balaban J connectivity index is 0.000000376. The summed E-state index contributed by atoms with van der Waals surface area (Å²) < 4.78 is 12.1. The first-order valence-corrected chi connectivity index (χ1v) is 22.5. The summed E-state index contributed by atoms with van der Waals surface area (Å²) in [7, 11) is 0. The van der Waals surface area contributed by atoms with Gasteiger partial charge in [0.25, 0.3) is 11.9 Å². The van der Waals surface area contributed by atoms with Crippen molar-refractivity contribution in [1.82, 2.24) is 19.9 Å². The van der Waals surface area contributed by atoms with Gasteiger partial charge in [0.15, 0.2) is 0 Å². The molecule has 0 unspecified atom stereocenters. The van der Waals surface area contributed by atoms with Gasteiger partial charge in [-0.3, -0.25) is 19.6 Å². The van der Waals surface area contributed by atoms with Crippen LogP contribution in [0, 0.1) is 109 Å². The zero-order valence-corrected chi connectivity index (χ0v) is 45.3. The number of aryl methyl sites for hydroxylation is 2. The average Bonchev–Trinajstić information content (AvgIpc) is 3.42. The maximum atomic E-state index is 9.00. The van der Waals surface area contributed by atoms with Gasteiger partial charge in [0.1, 0.15) is 11.5 Å². The summed E-state index contributed by atoms with van der Waals surface area (Å²) in [5.41, 5.74) is 9.77. The Morgan fingerprint density at radius 1 is 0.481 bits per heavy atom. The Morgan fingerprint density at radius 2 is 0.909 bits per heavy atom. The molecule has 0 saturated heterocycles. The number of aromatic nitrogens is 4. The van der Waals surface area contributed by atoms with Gasteiger partial charge in [-0.25, -0.2) is 0 Å². The fraction of sp³-hybridized carbons (Fsp3) is 0.0769. The number of carboxylic acid groups (broad SMARTS) is 2. The molecule has 8 aromatic rings. The van der Waals surface area contributed by atoms with Crippen LogP contribution in [-0.4, -0.2) is 42.1 Å². The monoisotopic (exact) mass is 1190 g/mol. The molecule has 4 aromatic carbocycles. The molecule has 4 aromatic heterocycles. The van der Waals surface area contributed by atoms with Crippen LogP contribution >= 0.6 is 0 Å². The van der Waals surface area contributed by atoms with Gasteiger partial charge in [-0.2, -0.15) is 0 Å². The van der Waals surface area contributed by atoms with E-state index in [1.165, 1.54) is 0 Å². The number of pyridine rings is 4. The van der Waals surface area contributed by atoms with Crippen LogP contribution in [0.4, 0.5) is 0 Å². The Labute approximate surface area is 478 Å². The number of terminal acetylenes is 1. The molecule has 0 amide bonds. The third kappa shape index (κ3) is 25.2. The second kappa shape index (κ2) is 37.1. The number of carbonyl (C=O) groups is 2. The van der Waals surface area contributed by atoms with Crippen molar-refractivity contribution in [3.63, 3.8) is 0 Å². The van der Waals surface area contributed by atoms with E-state index in [0.717, 1.165) is 81.5 Å². The van der Waals surface area contributed by atoms with Crippen LogP contribution < -0.4 is 9.47 Å². The number of rotatable bonds is 8. The van der Waals surface area contributed by atoms with Gasteiger partial charge in [0.05, 0.1) is 11.4 Å². The smallest absolute Gasteiger partial charge is 0.497 e. The molecular formula is C65H46N4O6Pd2. The molecule has 0 bridgehead atoms. The SMILES string of the molecule is C#CC#CC#CC#CC#CC#CC#CC.CC(=O)O.CC(=O)O.Cc1cccnc1-c1[c-]c(Oc2[c-]c(-c3ccccn3)ccc2)ccc1.Cc1cccnc1-c1cccc(Oc2cccc(-c3ccccn3)c2)c1.[Pd+2].[Pd]. The molecule has 77 heavy (non-hydrogen) atoms. The quantitative estimate of drug-likeness (QED) is 0.0857. The standard InChI is InChI=1S/C23H18N2O.C23H16N2O.C15H4.2C2H4O2.2Pd/c2*1-17-7-6-14-25-23(17)19-9-5-11-21(16-19)26-20-10-4-8-18(15-20)22-12-2-3-13-24-22;1-3-5-7-9-11-13-15-14-12-10-8-6-4-2;2*1-2(3)4;;/h2-16H,1H3;2-14H,1H3;1H,2H3;2*1H3,(H,3,4);;/q;-2;;;;;+2. The number of carboxylic acids is 2. The zero-order valence-electron chi connectivity index (χ0n) is 42.2. The Hall–Kier alpha value is -9.74. The maximum absolute atomic E-state index is 9.00. The summed E-state index contributed by atoms with van der Waals surface area (Å²) in [6.45, 7) is 7.97. The van der Waals surface area contributed by atoms with E-state index in [9.17, 15) is 0 Å². The first-order chi connectivity index (χ1) is 36.5. The van der Waals surface area contributed by atoms with Crippen LogP contribution in [0.3, 0.4) is 0 Å². The van der Waals surface area contributed by atoms with E-state index >= 15 is 0 Å². The maximum Gasteiger partial charge on any atom is 2.00 e. The van der Waals surface area contributed by atoms with Gasteiger partial charge in [-0.05, 0) is 163 Å². The van der Waals surface area contributed by atoms with Gasteiger partial charge >= 0.3 is 20.4 Å². The zero-order chi connectivity index (χ0) is 53.9. The number of hydrogen-bond acceptors (Lipinski definition) is 8. The van der Waals surface area contributed by atoms with Crippen molar-refractivity contribution in [3.05, 3.63) is 194 Å². The predicted molar refractivity (Wildman–Crippen MR) is 294 cm³/mol. The molecule has 0 aliphatic rings. The third-order valence-electron chi connectivity index (χ3n) is 8.93. The fourth-order valence-corrected chi connectivity index (χ4v) is 5.97. The van der Waals surface area contributed by atoms with Gasteiger partial charge < -0.3 is 29.7 Å². The van der Waals surface area contributed by atoms with Gasteiger partial charge in [-0.1, -0.05) is 78.2 Å². The summed E-state index contributed by atoms with van der Waals surface area (Å²) in [4.78, 5) is 35.7. The summed E-state index contributed by atoms with van der Waals surface area (Å²) in [6.07, 6.45) is 12.0. The Bertz CT molecular complexity index is 3450. The number of benzene rings is 4. The summed E-state index contributed by atoms with van der Waals surface area (Å²) in [5.74, 6) is 33.1. The minimum absolute atomic E-state index is 0. The second-order valence-electron chi connectivity index (χ2n) is 14.7. The molecule has 0 spiro atoms. The molecule has 0 aliphatic heterocycles. The molecule has 10 nitrogen and oxygen atoms in total. The van der Waals surface area contributed by atoms with Crippen molar-refractivity contribution in [2.75, 3.05) is 0 Å². The number of aliphatic carboxylic acids is 2. The molecular weight excluding hydrogens is 1150 g/mol. The summed E-state index contributed by atoms with van der Waals surface area (Å²) in [5, 5.41) is 14.8. The van der Waals surface area contributed by atoms with Crippen LogP contribution in [0.2, 0.25) is 0 Å². The molecule has 0 fully saturated rings. The molecule has 12 heteroatoms. The summed E-state index contributed by atoms with van der Waals surface area (Å²) in [6, 6.07) is 53.7. The predicted octanol–water partition coefficient (Wildman–Crippen LogP) is 12.3. The molecule has 2 N–H and O–H groups in total. The molecule has 382 valence electrons. The molecule has 0 saturated carbocycles. The number of nitrogens with zero attached hydrogens (tertiary/aromatic N) is 4. The van der Waals surface area contributed by atoms with Crippen LogP contribution in [0.5, 0.6) is 23.0 Å². The van der Waals surface area contributed by atoms with Crippen molar-refractivity contribution < 1.29 is 70.1 Å². The Morgan fingerprint density at radius 3 is 1.40 bits per heavy atom. The average molecular weight is 1190 g/mol. The molecule has 8 rings (SSSR count). The van der Waals surface area contributed by atoms with Gasteiger partial charge in [0, 0.05) is 81.7 Å². The van der Waals surface area contributed by atoms with Crippen molar-refractivity contribution in [1.29, 1.82) is 0 Å². The normalized spacial score (nSPS) is 8.47. The van der Waals surface area contributed by atoms with E-state index in [4.69, 9.17) is 35.7 Å². The first kappa shape index (κ1) is 63.4. The minimum Gasteiger partial charge on any atom is -0.497 e. The molecule has 0 aliphatic carbocycles. The van der Waals surface area contributed by atoms with E-state index in [2.05, 4.69) is 122 Å². The van der Waals surface area contributed by atoms with Crippen molar-refractivity contribution in [3.8, 4) is 151 Å². The van der Waals surface area contributed by atoms with Crippen molar-refractivity contribution >= 4 is 11.9 Å². The Kier molecular flexibility index (Phi) is 30.5. The third-order valence-corrected chi connectivity index (χ3v) is 8.93. The van der Waals surface area contributed by atoms with Gasteiger partial charge in [-0.15, -0.1) is 53.9 Å². The van der Waals surface area contributed by atoms with E-state index in [0.29, 0.717) is 11.5 Å². The number of ether oxygens (including phenoxy) is 2. The second-order valence-corrected chi connectivity index (χ2v) is 14.7. The molecule has 0 radical (unpaired) electrons. The van der Waals surface area contributed by atoms with E-state index < -0.39 is 11.9 Å². The molecule has 4 heterocycles. The van der Waals surface area contributed by atoms with E-state index in [-0.39, 0.29) is 40.8 Å². The largest absolute Gasteiger partial charge is 2.00 e. The van der Waals surface area contributed by atoms with Crippen LogP contribution in [-0.2, 0) is 50.4 Å². The van der Waals surface area contributed by atoms with Crippen LogP contribution in [0.25, 0.3) is 45.0 Å². The first-order valence-electron chi connectivity index (χ1n) is 22.5. The number of hydrogen-bond donors (Lipinski definition) is 2. The van der Waals surface area contributed by atoms with Crippen LogP contribution in [0.1, 0.15) is 31.9 Å². The van der Waals surface area contributed by atoms with Gasteiger partial charge in [0.2, 0.25) is 0 Å². The van der Waals surface area contributed by atoms with E-state index in [1.54, 1.807) is 25.5 Å².